The summed E-state index contributed by atoms with van der Waals surface area (Å²) in [4.78, 5) is 0. The smallest absolute Gasteiger partial charge is 0.216 e. The van der Waals surface area contributed by atoms with Crippen molar-refractivity contribution in [1.82, 2.24) is 8.61 Å². The molecule has 20 heavy (non-hydrogen) atoms. The molecule has 0 atom stereocenters. The monoisotopic (exact) mass is 325 g/mol. The molecule has 0 bridgehead atoms. The third-order valence-electron chi connectivity index (χ3n) is 4.12. The van der Waals surface area contributed by atoms with Gasteiger partial charge in [-0.3, -0.25) is 0 Å². The Kier molecular flexibility index (Phi) is 5.06. The summed E-state index contributed by atoms with van der Waals surface area (Å²) in [6.45, 7) is 0.683. The molecule has 7 nitrogen and oxygen atoms in total. The first kappa shape index (κ1) is 16.2. The van der Waals surface area contributed by atoms with Crippen molar-refractivity contribution in [1.29, 1.82) is 0 Å². The number of rotatable bonds is 4. The van der Waals surface area contributed by atoms with E-state index in [0.29, 0.717) is 0 Å². The average molecular weight is 325 g/mol. The molecule has 0 aromatic heterocycles. The molecule has 1 aliphatic carbocycles. The number of nitrogens with two attached hydrogens (primary N) is 1. The molecule has 1 aliphatic heterocycles. The summed E-state index contributed by atoms with van der Waals surface area (Å²) in [6.07, 6.45) is 5.38. The molecule has 2 N–H and O–H groups in total. The fraction of sp³-hybridized carbons (Fsp3) is 1.00. The van der Waals surface area contributed by atoms with Crippen LogP contribution in [-0.2, 0) is 20.2 Å². The van der Waals surface area contributed by atoms with Crippen molar-refractivity contribution in [3.05, 3.63) is 0 Å². The van der Waals surface area contributed by atoms with Gasteiger partial charge < -0.3 is 0 Å². The molecule has 0 radical (unpaired) electrons. The van der Waals surface area contributed by atoms with Gasteiger partial charge in [-0.25, -0.2) is 13.6 Å². The Hall–Kier alpha value is -0.220. The summed E-state index contributed by atoms with van der Waals surface area (Å²) < 4.78 is 49.6. The van der Waals surface area contributed by atoms with Crippen molar-refractivity contribution >= 4 is 20.2 Å². The van der Waals surface area contributed by atoms with Crippen LogP contribution in [0.4, 0.5) is 0 Å². The zero-order valence-corrected chi connectivity index (χ0v) is 13.2. The number of hydrogen-bond donors (Lipinski definition) is 1. The van der Waals surface area contributed by atoms with Gasteiger partial charge in [-0.15, -0.1) is 0 Å². The van der Waals surface area contributed by atoms with Crippen molar-refractivity contribution in [2.24, 2.45) is 11.1 Å². The minimum atomic E-state index is -3.71. The lowest BCUT2D eigenvalue weighted by Crippen LogP contribution is -2.52. The molecule has 2 fully saturated rings. The third-order valence-corrected chi connectivity index (χ3v) is 7.25. The molecule has 2 rings (SSSR count). The second-order valence-corrected chi connectivity index (χ2v) is 9.19. The maximum Gasteiger partial charge on any atom is 0.276 e. The van der Waals surface area contributed by atoms with Crippen LogP contribution in [0.5, 0.6) is 0 Å². The molecule has 0 aromatic rings. The zero-order chi connectivity index (χ0) is 14.8. The molecular weight excluding hydrogens is 302 g/mol. The van der Waals surface area contributed by atoms with Crippen LogP contribution in [0.25, 0.3) is 0 Å². The van der Waals surface area contributed by atoms with E-state index in [1.54, 1.807) is 0 Å². The summed E-state index contributed by atoms with van der Waals surface area (Å²) in [6, 6.07) is 0. The molecule has 2 aliphatic rings. The largest absolute Gasteiger partial charge is 0.276 e. The normalized spacial score (nSPS) is 24.9. The second-order valence-electron chi connectivity index (χ2n) is 5.63. The van der Waals surface area contributed by atoms with Gasteiger partial charge in [-0.05, 0) is 18.8 Å². The van der Waals surface area contributed by atoms with E-state index in [1.165, 1.54) is 10.7 Å². The molecule has 0 spiro atoms. The van der Waals surface area contributed by atoms with E-state index < -0.39 is 20.2 Å². The van der Waals surface area contributed by atoms with Crippen molar-refractivity contribution in [2.75, 3.05) is 31.9 Å². The standard InChI is InChI=1S/C11H23N3O4S2/c12-20(17,18)14-8-6-13(7-9-14)19(15,16)10-11-4-2-1-3-5-11/h11H,1-10H2,(H2,12,17,18). The highest BCUT2D eigenvalue weighted by molar-refractivity contribution is 7.89. The van der Waals surface area contributed by atoms with Crippen molar-refractivity contribution in [3.63, 3.8) is 0 Å². The summed E-state index contributed by atoms with van der Waals surface area (Å²) in [5, 5.41) is 5.04. The molecule has 1 saturated heterocycles. The molecule has 9 heteroatoms. The van der Waals surface area contributed by atoms with Crippen molar-refractivity contribution < 1.29 is 16.8 Å². The van der Waals surface area contributed by atoms with E-state index in [-0.39, 0.29) is 37.8 Å². The van der Waals surface area contributed by atoms with Gasteiger partial charge in [0.2, 0.25) is 10.0 Å². The average Bonchev–Trinajstić information content (AvgIpc) is 2.38. The van der Waals surface area contributed by atoms with Crippen molar-refractivity contribution in [2.45, 2.75) is 32.1 Å². The van der Waals surface area contributed by atoms with Gasteiger partial charge in [0, 0.05) is 26.2 Å². The maximum absolute atomic E-state index is 12.3. The highest BCUT2D eigenvalue weighted by Crippen LogP contribution is 2.26. The molecular formula is C11H23N3O4S2. The van der Waals surface area contributed by atoms with Gasteiger partial charge in [-0.2, -0.15) is 17.0 Å². The van der Waals surface area contributed by atoms with Crippen LogP contribution in [0, 0.1) is 5.92 Å². The Labute approximate surface area is 121 Å². The highest BCUT2D eigenvalue weighted by Gasteiger charge is 2.32. The van der Waals surface area contributed by atoms with Gasteiger partial charge in [0.1, 0.15) is 0 Å². The van der Waals surface area contributed by atoms with E-state index in [4.69, 9.17) is 5.14 Å². The lowest BCUT2D eigenvalue weighted by atomic mass is 9.91. The number of hydrogen-bond acceptors (Lipinski definition) is 4. The van der Waals surface area contributed by atoms with E-state index in [2.05, 4.69) is 0 Å². The predicted octanol–water partition coefficient (Wildman–Crippen LogP) is -0.282. The van der Waals surface area contributed by atoms with E-state index in [1.807, 2.05) is 0 Å². The molecule has 0 unspecified atom stereocenters. The van der Waals surface area contributed by atoms with E-state index in [0.717, 1.165) is 30.0 Å². The predicted molar refractivity (Wildman–Crippen MR) is 76.6 cm³/mol. The first-order valence-electron chi connectivity index (χ1n) is 7.05. The molecule has 0 aromatic carbocycles. The first-order chi connectivity index (χ1) is 9.29. The number of nitrogens with zero attached hydrogens (tertiary/aromatic N) is 2. The molecule has 118 valence electrons. The van der Waals surface area contributed by atoms with Crippen LogP contribution in [0.3, 0.4) is 0 Å². The Morgan fingerprint density at radius 1 is 0.850 bits per heavy atom. The van der Waals surface area contributed by atoms with Crippen LogP contribution in [-0.4, -0.2) is 57.4 Å². The summed E-state index contributed by atoms with van der Waals surface area (Å²) >= 11 is 0. The van der Waals surface area contributed by atoms with Gasteiger partial charge in [0.25, 0.3) is 10.2 Å². The zero-order valence-electron chi connectivity index (χ0n) is 11.6. The summed E-state index contributed by atoms with van der Waals surface area (Å²) in [7, 11) is -6.99. The topological polar surface area (TPSA) is 101 Å². The Bertz CT molecular complexity index is 518. The fourth-order valence-electron chi connectivity index (χ4n) is 2.96. The van der Waals surface area contributed by atoms with Crippen LogP contribution in [0.15, 0.2) is 0 Å². The third kappa shape index (κ3) is 4.14. The minimum absolute atomic E-state index is 0.142. The quantitative estimate of drug-likeness (QED) is 0.768. The van der Waals surface area contributed by atoms with Crippen LogP contribution in [0.2, 0.25) is 0 Å². The molecule has 1 saturated carbocycles. The summed E-state index contributed by atoms with van der Waals surface area (Å²) in [5.41, 5.74) is 0. The van der Waals surface area contributed by atoms with E-state index >= 15 is 0 Å². The fourth-order valence-corrected chi connectivity index (χ4v) is 5.49. The molecule has 1 heterocycles. The van der Waals surface area contributed by atoms with Crippen LogP contribution < -0.4 is 5.14 Å². The lowest BCUT2D eigenvalue weighted by Gasteiger charge is -2.33. The van der Waals surface area contributed by atoms with E-state index in [9.17, 15) is 16.8 Å². The van der Waals surface area contributed by atoms with Crippen LogP contribution in [0.1, 0.15) is 32.1 Å². The maximum atomic E-state index is 12.3. The van der Waals surface area contributed by atoms with Crippen LogP contribution >= 0.6 is 0 Å². The second kappa shape index (κ2) is 6.27. The minimum Gasteiger partial charge on any atom is -0.216 e. The van der Waals surface area contributed by atoms with Gasteiger partial charge in [0.05, 0.1) is 5.75 Å². The van der Waals surface area contributed by atoms with Gasteiger partial charge >= 0.3 is 0 Å². The Morgan fingerprint density at radius 3 is 1.85 bits per heavy atom. The lowest BCUT2D eigenvalue weighted by molar-refractivity contribution is 0.270. The highest BCUT2D eigenvalue weighted by atomic mass is 32.2. The number of piperazine rings is 1. The Balaban J connectivity index is 1.91. The molecule has 0 amide bonds. The van der Waals surface area contributed by atoms with Gasteiger partial charge in [0.15, 0.2) is 0 Å². The first-order valence-corrected chi connectivity index (χ1v) is 10.2. The van der Waals surface area contributed by atoms with Crippen molar-refractivity contribution in [3.8, 4) is 0 Å². The summed E-state index contributed by atoms with van der Waals surface area (Å²) in [5.74, 6) is 0.451. The Morgan fingerprint density at radius 2 is 1.35 bits per heavy atom. The number of sulfonamides is 1. The SMILES string of the molecule is NS(=O)(=O)N1CCN(S(=O)(=O)CC2CCCCC2)CC1. The van der Waals surface area contributed by atoms with Gasteiger partial charge in [-0.1, -0.05) is 19.3 Å².